The summed E-state index contributed by atoms with van der Waals surface area (Å²) < 4.78 is 0. The molecule has 0 bridgehead atoms. The maximum absolute atomic E-state index is 13.4. The van der Waals surface area contributed by atoms with Gasteiger partial charge in [-0.1, -0.05) is 66.4 Å². The molecule has 2 aromatic rings. The van der Waals surface area contributed by atoms with Crippen molar-refractivity contribution in [2.24, 2.45) is 0 Å². The number of benzene rings is 2. The molecule has 0 radical (unpaired) electrons. The van der Waals surface area contributed by atoms with E-state index in [1.165, 1.54) is 12.5 Å². The van der Waals surface area contributed by atoms with E-state index in [2.05, 4.69) is 17.4 Å². The van der Waals surface area contributed by atoms with E-state index in [-0.39, 0.29) is 23.0 Å². The lowest BCUT2D eigenvalue weighted by Gasteiger charge is -2.36. The van der Waals surface area contributed by atoms with E-state index in [1.807, 2.05) is 47.4 Å². The van der Waals surface area contributed by atoms with Gasteiger partial charge in [-0.2, -0.15) is 0 Å². The highest BCUT2D eigenvalue weighted by Gasteiger charge is 2.38. The zero-order chi connectivity index (χ0) is 21.8. The second-order valence-corrected chi connectivity index (χ2v) is 9.67. The first-order valence-corrected chi connectivity index (χ1v) is 11.8. The Balaban J connectivity index is 1.56. The predicted molar refractivity (Wildman–Crippen MR) is 123 cm³/mol. The molecule has 2 heterocycles. The molecule has 2 amide bonds. The van der Waals surface area contributed by atoms with Crippen molar-refractivity contribution in [1.82, 2.24) is 10.2 Å². The van der Waals surface area contributed by atoms with Crippen molar-refractivity contribution in [2.45, 2.75) is 56.4 Å². The molecule has 0 unspecified atom stereocenters. The lowest BCUT2D eigenvalue weighted by Crippen LogP contribution is -2.52. The Bertz CT molecular complexity index is 962. The van der Waals surface area contributed by atoms with Gasteiger partial charge in [-0.25, -0.2) is 0 Å². The first-order chi connectivity index (χ1) is 15.0. The minimum atomic E-state index is -0.609. The predicted octanol–water partition coefficient (Wildman–Crippen LogP) is 3.67. The van der Waals surface area contributed by atoms with Gasteiger partial charge in [-0.05, 0) is 42.4 Å². The summed E-state index contributed by atoms with van der Waals surface area (Å²) in [5.41, 5.74) is 3.31. The minimum absolute atomic E-state index is 0.0134. The summed E-state index contributed by atoms with van der Waals surface area (Å²) in [6.45, 7) is 2.20. The van der Waals surface area contributed by atoms with Crippen LogP contribution in [0.15, 0.2) is 54.6 Å². The number of nitrogens with one attached hydrogen (secondary N) is 1. The Morgan fingerprint density at radius 2 is 1.84 bits per heavy atom. The fourth-order valence-electron chi connectivity index (χ4n) is 4.67. The van der Waals surface area contributed by atoms with Crippen molar-refractivity contribution in [1.29, 1.82) is 0 Å². The molecule has 3 atom stereocenters. The molecule has 0 aromatic heterocycles. The molecule has 0 aliphatic carbocycles. The van der Waals surface area contributed by atoms with E-state index < -0.39 is 11.3 Å². The van der Waals surface area contributed by atoms with Crippen LogP contribution in [0.4, 0.5) is 0 Å². The van der Waals surface area contributed by atoms with Gasteiger partial charge in [-0.3, -0.25) is 14.4 Å². The van der Waals surface area contributed by atoms with E-state index in [0.717, 1.165) is 48.7 Å². The third-order valence-corrected chi connectivity index (χ3v) is 7.10. The van der Waals surface area contributed by atoms with E-state index in [4.69, 9.17) is 0 Å². The second-order valence-electron chi connectivity index (χ2n) is 8.30. The lowest BCUT2D eigenvalue weighted by atomic mass is 9.92. The normalized spacial score (nSPS) is 21.5. The van der Waals surface area contributed by atoms with Crippen molar-refractivity contribution in [2.75, 3.05) is 6.54 Å². The number of carbonyl (C=O) groups excluding carboxylic acids is 3. The van der Waals surface area contributed by atoms with Gasteiger partial charge in [-0.15, -0.1) is 0 Å². The van der Waals surface area contributed by atoms with Crippen LogP contribution in [0.5, 0.6) is 0 Å². The molecule has 1 saturated heterocycles. The van der Waals surface area contributed by atoms with Crippen LogP contribution in [0.3, 0.4) is 0 Å². The number of thioether (sulfide) groups is 1. The highest BCUT2D eigenvalue weighted by molar-refractivity contribution is 8.14. The van der Waals surface area contributed by atoms with E-state index in [1.54, 1.807) is 0 Å². The molecule has 6 heteroatoms. The Kier molecular flexibility index (Phi) is 6.76. The maximum Gasteiger partial charge on any atom is 0.246 e. The van der Waals surface area contributed by atoms with Gasteiger partial charge in [0.15, 0.2) is 5.12 Å². The number of amides is 2. The third-order valence-electron chi connectivity index (χ3n) is 6.10. The van der Waals surface area contributed by atoms with Crippen LogP contribution in [-0.4, -0.2) is 39.7 Å². The van der Waals surface area contributed by atoms with Crippen molar-refractivity contribution in [3.05, 3.63) is 71.3 Å². The Morgan fingerprint density at radius 3 is 2.61 bits per heavy atom. The topological polar surface area (TPSA) is 66.5 Å². The van der Waals surface area contributed by atoms with Gasteiger partial charge < -0.3 is 10.2 Å². The van der Waals surface area contributed by atoms with Crippen molar-refractivity contribution >= 4 is 28.7 Å². The standard InChI is InChI=1S/C25H28N2O3S/c1-17(28)31-23(15-18-9-3-2-4-10-18)24(29)26-21-16-19-11-5-6-12-20(19)22-13-7-8-14-27(22)25(21)30/h2-6,9-12,21-23H,7-8,13-16H2,1H3,(H,26,29)/t21-,22+,23-/m1/s1. The Morgan fingerprint density at radius 1 is 1.10 bits per heavy atom. The van der Waals surface area contributed by atoms with Crippen LogP contribution < -0.4 is 5.32 Å². The molecule has 162 valence electrons. The highest BCUT2D eigenvalue weighted by Crippen LogP contribution is 2.36. The zero-order valence-corrected chi connectivity index (χ0v) is 18.6. The van der Waals surface area contributed by atoms with Crippen LogP contribution in [0.25, 0.3) is 0 Å². The third kappa shape index (κ3) is 5.01. The second kappa shape index (κ2) is 9.69. The van der Waals surface area contributed by atoms with Gasteiger partial charge in [0.05, 0.1) is 11.3 Å². The monoisotopic (exact) mass is 436 g/mol. The molecule has 2 aliphatic heterocycles. The summed E-state index contributed by atoms with van der Waals surface area (Å²) in [6, 6.07) is 17.3. The quantitative estimate of drug-likeness (QED) is 0.777. The first kappa shape index (κ1) is 21.6. The van der Waals surface area contributed by atoms with Gasteiger partial charge in [0.2, 0.25) is 11.8 Å². The van der Waals surface area contributed by atoms with Crippen molar-refractivity contribution in [3.63, 3.8) is 0 Å². The molecule has 4 rings (SSSR count). The van der Waals surface area contributed by atoms with Crippen LogP contribution in [0.1, 0.15) is 48.9 Å². The summed E-state index contributed by atoms with van der Waals surface area (Å²) >= 11 is 1.03. The van der Waals surface area contributed by atoms with Crippen molar-refractivity contribution in [3.8, 4) is 0 Å². The first-order valence-electron chi connectivity index (χ1n) is 10.9. The molecule has 1 fully saturated rings. The SMILES string of the molecule is CC(=O)S[C@H](Cc1ccccc1)C(=O)N[C@@H]1Cc2ccccc2[C@@H]2CCCCN2C1=O. The summed E-state index contributed by atoms with van der Waals surface area (Å²) in [4.78, 5) is 40.4. The van der Waals surface area contributed by atoms with Crippen LogP contribution in [0, 0.1) is 0 Å². The van der Waals surface area contributed by atoms with Gasteiger partial charge in [0.1, 0.15) is 6.04 Å². The largest absolute Gasteiger partial charge is 0.343 e. The highest BCUT2D eigenvalue weighted by atomic mass is 32.2. The minimum Gasteiger partial charge on any atom is -0.343 e. The molecule has 2 aliphatic rings. The van der Waals surface area contributed by atoms with E-state index in [0.29, 0.717) is 12.8 Å². The van der Waals surface area contributed by atoms with Crippen LogP contribution in [-0.2, 0) is 27.2 Å². The molecule has 2 aromatic carbocycles. The molecular formula is C25H28N2O3S. The number of carbonyl (C=O) groups is 3. The van der Waals surface area contributed by atoms with Gasteiger partial charge >= 0.3 is 0 Å². The lowest BCUT2D eigenvalue weighted by molar-refractivity contribution is -0.139. The zero-order valence-electron chi connectivity index (χ0n) is 17.8. The Labute approximate surface area is 187 Å². The number of nitrogens with zero attached hydrogens (tertiary/aromatic N) is 1. The summed E-state index contributed by atoms with van der Waals surface area (Å²) in [7, 11) is 0. The maximum atomic E-state index is 13.4. The number of hydrogen-bond donors (Lipinski definition) is 1. The smallest absolute Gasteiger partial charge is 0.246 e. The van der Waals surface area contributed by atoms with Crippen molar-refractivity contribution < 1.29 is 14.4 Å². The summed E-state index contributed by atoms with van der Waals surface area (Å²) in [5.74, 6) is -0.268. The fraction of sp³-hybridized carbons (Fsp3) is 0.400. The number of rotatable bonds is 5. The van der Waals surface area contributed by atoms with Gasteiger partial charge in [0.25, 0.3) is 0 Å². The molecule has 1 N–H and O–H groups in total. The van der Waals surface area contributed by atoms with Gasteiger partial charge in [0, 0.05) is 19.9 Å². The number of hydrogen-bond acceptors (Lipinski definition) is 4. The van der Waals surface area contributed by atoms with Crippen LogP contribution >= 0.6 is 11.8 Å². The average Bonchev–Trinajstić information content (AvgIpc) is 2.89. The van der Waals surface area contributed by atoms with E-state index in [9.17, 15) is 14.4 Å². The number of piperidine rings is 1. The number of fused-ring (bicyclic) bond motifs is 3. The molecule has 0 saturated carbocycles. The molecule has 0 spiro atoms. The van der Waals surface area contributed by atoms with E-state index >= 15 is 0 Å². The molecule has 31 heavy (non-hydrogen) atoms. The van der Waals surface area contributed by atoms with Crippen LogP contribution in [0.2, 0.25) is 0 Å². The average molecular weight is 437 g/mol. The fourth-order valence-corrected chi connectivity index (χ4v) is 5.52. The summed E-state index contributed by atoms with van der Waals surface area (Å²) in [5, 5.41) is 2.33. The summed E-state index contributed by atoms with van der Waals surface area (Å²) in [6.07, 6.45) is 3.98. The molecular weight excluding hydrogens is 408 g/mol. The molecule has 5 nitrogen and oxygen atoms in total. The Hall–Kier alpha value is -2.60.